The molecule has 2 aromatic carbocycles. The van der Waals surface area contributed by atoms with E-state index in [2.05, 4.69) is 15.4 Å². The summed E-state index contributed by atoms with van der Waals surface area (Å²) in [6.45, 7) is 6.43. The van der Waals surface area contributed by atoms with Crippen molar-refractivity contribution in [2.24, 2.45) is 0 Å². The molecule has 2 aromatic heterocycles. The number of aryl methyl sites for hydroxylation is 3. The van der Waals surface area contributed by atoms with Gasteiger partial charge in [0.25, 0.3) is 5.91 Å². The number of nitrogens with zero attached hydrogens (tertiary/aromatic N) is 4. The van der Waals surface area contributed by atoms with E-state index in [0.717, 1.165) is 24.2 Å². The topological polar surface area (TPSA) is 96.7 Å². The lowest BCUT2D eigenvalue weighted by atomic mass is 10.0. The average Bonchev–Trinajstić information content (AvgIpc) is 3.48. The summed E-state index contributed by atoms with van der Waals surface area (Å²) in [6.07, 6.45) is 1.66. The van der Waals surface area contributed by atoms with Crippen molar-refractivity contribution in [3.63, 3.8) is 0 Å². The highest BCUT2D eigenvalue weighted by molar-refractivity contribution is 7.89. The summed E-state index contributed by atoms with van der Waals surface area (Å²) in [5, 5.41) is 7.22. The van der Waals surface area contributed by atoms with E-state index in [1.165, 1.54) is 22.5 Å². The number of nitrogens with one attached hydrogen (secondary N) is 1. The van der Waals surface area contributed by atoms with Gasteiger partial charge in [-0.25, -0.2) is 22.3 Å². The number of rotatable bonds is 5. The molecule has 36 heavy (non-hydrogen) atoms. The van der Waals surface area contributed by atoms with Crippen molar-refractivity contribution in [2.75, 3.05) is 18.4 Å². The van der Waals surface area contributed by atoms with E-state index < -0.39 is 21.7 Å². The molecule has 0 unspecified atom stereocenters. The summed E-state index contributed by atoms with van der Waals surface area (Å²) >= 11 is 0. The Hall–Kier alpha value is -3.63. The minimum absolute atomic E-state index is 0.0637. The van der Waals surface area contributed by atoms with Crippen molar-refractivity contribution in [1.29, 1.82) is 0 Å². The number of benzene rings is 2. The quantitative estimate of drug-likeness (QED) is 0.429. The number of hydrogen-bond donors (Lipinski definition) is 1. The molecule has 1 N–H and O–H groups in total. The summed E-state index contributed by atoms with van der Waals surface area (Å²) in [4.78, 5) is 18.2. The van der Waals surface area contributed by atoms with Gasteiger partial charge in [-0.3, -0.25) is 4.79 Å². The summed E-state index contributed by atoms with van der Waals surface area (Å²) in [6, 6.07) is 12.5. The fraction of sp³-hybridized carbons (Fsp3) is 0.269. The molecule has 3 heterocycles. The lowest BCUT2D eigenvalue weighted by Gasteiger charge is -2.18. The third kappa shape index (κ3) is 4.27. The van der Waals surface area contributed by atoms with Crippen LogP contribution in [0.15, 0.2) is 53.4 Å². The van der Waals surface area contributed by atoms with E-state index >= 15 is 0 Å². The molecule has 8 nitrogen and oxygen atoms in total. The van der Waals surface area contributed by atoms with Gasteiger partial charge >= 0.3 is 0 Å². The smallest absolute Gasteiger partial charge is 0.276 e. The van der Waals surface area contributed by atoms with Crippen LogP contribution in [0.25, 0.3) is 16.8 Å². The fourth-order valence-electron chi connectivity index (χ4n) is 4.60. The van der Waals surface area contributed by atoms with Gasteiger partial charge < -0.3 is 5.32 Å². The van der Waals surface area contributed by atoms with Crippen LogP contribution < -0.4 is 5.32 Å². The molecule has 0 aliphatic carbocycles. The Bertz CT molecular complexity index is 1610. The highest BCUT2D eigenvalue weighted by atomic mass is 32.2. The Balaban J connectivity index is 1.69. The minimum Gasteiger partial charge on any atom is -0.320 e. The van der Waals surface area contributed by atoms with Crippen LogP contribution in [0.4, 0.5) is 10.1 Å². The van der Waals surface area contributed by atoms with Crippen molar-refractivity contribution in [1.82, 2.24) is 18.9 Å². The maximum Gasteiger partial charge on any atom is 0.276 e. The molecule has 1 amide bonds. The van der Waals surface area contributed by atoms with Crippen LogP contribution in [0.3, 0.4) is 0 Å². The van der Waals surface area contributed by atoms with Gasteiger partial charge in [-0.05, 0) is 75.1 Å². The Morgan fingerprint density at radius 3 is 2.50 bits per heavy atom. The van der Waals surface area contributed by atoms with Gasteiger partial charge in [0.05, 0.1) is 10.5 Å². The Kier molecular flexibility index (Phi) is 6.09. The predicted molar refractivity (Wildman–Crippen MR) is 135 cm³/mol. The third-order valence-corrected chi connectivity index (χ3v) is 8.39. The number of carbonyl (C=O) groups is 1. The summed E-state index contributed by atoms with van der Waals surface area (Å²) < 4.78 is 43.6. The van der Waals surface area contributed by atoms with Crippen molar-refractivity contribution >= 4 is 27.3 Å². The zero-order valence-electron chi connectivity index (χ0n) is 20.2. The molecule has 0 bridgehead atoms. The first-order valence-electron chi connectivity index (χ1n) is 11.7. The van der Waals surface area contributed by atoms with Gasteiger partial charge in [0, 0.05) is 30.2 Å². The second-order valence-corrected chi connectivity index (χ2v) is 11.0. The van der Waals surface area contributed by atoms with Crippen LogP contribution in [0.5, 0.6) is 0 Å². The zero-order valence-corrected chi connectivity index (χ0v) is 21.1. The number of aromatic nitrogens is 3. The summed E-state index contributed by atoms with van der Waals surface area (Å²) in [5.74, 6) is -1.03. The Morgan fingerprint density at radius 2 is 1.78 bits per heavy atom. The van der Waals surface area contributed by atoms with E-state index in [4.69, 9.17) is 0 Å². The number of amides is 1. The molecular formula is C26H26FN5O3S. The first-order chi connectivity index (χ1) is 17.1. The summed E-state index contributed by atoms with van der Waals surface area (Å²) in [5.41, 5.74) is 3.82. The second-order valence-electron chi connectivity index (χ2n) is 9.05. The Morgan fingerprint density at radius 1 is 1.03 bits per heavy atom. The van der Waals surface area contributed by atoms with E-state index in [0.29, 0.717) is 35.4 Å². The normalized spacial score (nSPS) is 14.4. The van der Waals surface area contributed by atoms with Gasteiger partial charge in [0.2, 0.25) is 10.0 Å². The molecule has 1 aliphatic rings. The van der Waals surface area contributed by atoms with Gasteiger partial charge in [0.15, 0.2) is 11.3 Å². The number of sulfonamides is 1. The van der Waals surface area contributed by atoms with Crippen LogP contribution in [-0.4, -0.2) is 46.3 Å². The maximum absolute atomic E-state index is 13.7. The molecule has 4 aromatic rings. The van der Waals surface area contributed by atoms with E-state index in [1.807, 2.05) is 19.9 Å². The molecular weight excluding hydrogens is 481 g/mol. The first kappa shape index (κ1) is 24.1. The monoisotopic (exact) mass is 507 g/mol. The van der Waals surface area contributed by atoms with Crippen LogP contribution >= 0.6 is 0 Å². The van der Waals surface area contributed by atoms with E-state index in [-0.39, 0.29) is 16.3 Å². The Labute approximate surface area is 208 Å². The van der Waals surface area contributed by atoms with Crippen LogP contribution in [-0.2, 0) is 10.0 Å². The van der Waals surface area contributed by atoms with Gasteiger partial charge in [-0.15, -0.1) is 0 Å². The van der Waals surface area contributed by atoms with E-state index in [9.17, 15) is 17.6 Å². The van der Waals surface area contributed by atoms with Gasteiger partial charge in [-0.1, -0.05) is 18.2 Å². The van der Waals surface area contributed by atoms with Gasteiger partial charge in [-0.2, -0.15) is 9.40 Å². The molecule has 1 fully saturated rings. The highest BCUT2D eigenvalue weighted by Crippen LogP contribution is 2.33. The molecule has 0 saturated carbocycles. The number of carbonyl (C=O) groups excluding carboxylic acids is 1. The SMILES string of the molecule is Cc1cc(C)n2nc(C(=O)Nc3cccc(F)c3)c(-c3ccc(C)c(S(=O)(=O)N4CCCC4)c3)c2n1. The highest BCUT2D eigenvalue weighted by Gasteiger charge is 2.30. The molecule has 1 aliphatic heterocycles. The largest absolute Gasteiger partial charge is 0.320 e. The molecule has 1 saturated heterocycles. The zero-order chi connectivity index (χ0) is 25.6. The molecule has 10 heteroatoms. The van der Waals surface area contributed by atoms with Crippen LogP contribution in [0.2, 0.25) is 0 Å². The first-order valence-corrected chi connectivity index (χ1v) is 13.1. The predicted octanol–water partition coefficient (Wildman–Crippen LogP) is 4.50. The number of halogens is 1. The minimum atomic E-state index is -3.70. The average molecular weight is 508 g/mol. The lowest BCUT2D eigenvalue weighted by molar-refractivity contribution is 0.102. The number of fused-ring (bicyclic) bond motifs is 1. The molecule has 186 valence electrons. The van der Waals surface area contributed by atoms with Crippen molar-refractivity contribution in [2.45, 2.75) is 38.5 Å². The van der Waals surface area contributed by atoms with Crippen LogP contribution in [0, 0.1) is 26.6 Å². The van der Waals surface area contributed by atoms with Crippen molar-refractivity contribution in [3.8, 4) is 11.1 Å². The van der Waals surface area contributed by atoms with Crippen molar-refractivity contribution < 1.29 is 17.6 Å². The molecule has 5 rings (SSSR count). The van der Waals surface area contributed by atoms with Gasteiger partial charge in [0.1, 0.15) is 5.82 Å². The lowest BCUT2D eigenvalue weighted by Crippen LogP contribution is -2.28. The molecule has 0 atom stereocenters. The molecule has 0 spiro atoms. The van der Waals surface area contributed by atoms with Crippen LogP contribution in [0.1, 0.15) is 40.3 Å². The maximum atomic E-state index is 13.7. The standard InChI is InChI=1S/C26H26FN5O3S/c1-16-9-10-19(14-22(16)36(34,35)31-11-4-5-12-31)23-24(26(33)29-21-8-6-7-20(27)15-21)30-32-18(3)13-17(2)28-25(23)32/h6-10,13-15H,4-5,11-12H2,1-3H3,(H,29,33). The number of anilines is 1. The summed E-state index contributed by atoms with van der Waals surface area (Å²) in [7, 11) is -3.70. The van der Waals surface area contributed by atoms with E-state index in [1.54, 1.807) is 35.7 Å². The fourth-order valence-corrected chi connectivity index (χ4v) is 6.37. The van der Waals surface area contributed by atoms with Crippen molar-refractivity contribution in [3.05, 3.63) is 77.0 Å². The molecule has 0 radical (unpaired) electrons. The third-order valence-electron chi connectivity index (χ3n) is 6.35. The number of hydrogen-bond acceptors (Lipinski definition) is 5. The second kappa shape index (κ2) is 9.11.